The van der Waals surface area contributed by atoms with E-state index in [1.807, 2.05) is 0 Å². The standard InChI is InChI=1S/C6H14N2.C4H6O6/c1-7-3-5-8(2)6-4-7;5-1(3(7)8)2(6)4(9)10/h3-6H2,1-2H3;1-2,5-6H,(H,7,8)(H,9,10)/t;1-,2-/m.1/s1. The molecule has 0 aromatic rings. The Morgan fingerprint density at radius 3 is 1.22 bits per heavy atom. The molecule has 1 aliphatic rings. The molecule has 4 N–H and O–H groups in total. The van der Waals surface area contributed by atoms with E-state index in [1.165, 1.54) is 26.2 Å². The minimum absolute atomic E-state index is 1.23. The molecule has 0 saturated carbocycles. The summed E-state index contributed by atoms with van der Waals surface area (Å²) in [5.41, 5.74) is 0. The normalized spacial score (nSPS) is 20.4. The fraction of sp³-hybridized carbons (Fsp3) is 0.800. The summed E-state index contributed by atoms with van der Waals surface area (Å²) in [4.78, 5) is 24.3. The molecule has 1 rings (SSSR count). The van der Waals surface area contributed by atoms with Gasteiger partial charge in [0, 0.05) is 26.2 Å². The first kappa shape index (κ1) is 16.8. The van der Waals surface area contributed by atoms with E-state index < -0.39 is 24.1 Å². The molecule has 0 unspecified atom stereocenters. The van der Waals surface area contributed by atoms with Crippen molar-refractivity contribution >= 4 is 11.9 Å². The number of nitrogens with zero attached hydrogens (tertiary/aromatic N) is 2. The molecule has 0 spiro atoms. The molecule has 0 aromatic carbocycles. The smallest absolute Gasteiger partial charge is 0.335 e. The number of aliphatic carboxylic acids is 2. The molecule has 8 heteroatoms. The Hall–Kier alpha value is -1.22. The molecule has 0 aromatic heterocycles. The zero-order chi connectivity index (χ0) is 14.3. The van der Waals surface area contributed by atoms with Crippen LogP contribution in [-0.2, 0) is 9.59 Å². The molecule has 0 bridgehead atoms. The lowest BCUT2D eigenvalue weighted by molar-refractivity contribution is -0.165. The van der Waals surface area contributed by atoms with E-state index >= 15 is 0 Å². The lowest BCUT2D eigenvalue weighted by Gasteiger charge is -2.28. The second kappa shape index (κ2) is 7.98. The minimum Gasteiger partial charge on any atom is -0.479 e. The van der Waals surface area contributed by atoms with Crippen molar-refractivity contribution in [1.29, 1.82) is 0 Å². The topological polar surface area (TPSA) is 122 Å². The number of carbonyl (C=O) groups is 2. The summed E-state index contributed by atoms with van der Waals surface area (Å²) in [6.45, 7) is 4.93. The van der Waals surface area contributed by atoms with Crippen molar-refractivity contribution in [2.45, 2.75) is 12.2 Å². The van der Waals surface area contributed by atoms with Crippen LogP contribution in [0.2, 0.25) is 0 Å². The number of aliphatic hydroxyl groups excluding tert-OH is 2. The zero-order valence-corrected chi connectivity index (χ0v) is 10.5. The van der Waals surface area contributed by atoms with Gasteiger partial charge in [0.15, 0.2) is 12.2 Å². The molecule has 1 fully saturated rings. The first-order chi connectivity index (χ1) is 8.25. The third-order valence-corrected chi connectivity index (χ3v) is 2.53. The predicted octanol–water partition coefficient (Wildman–Crippen LogP) is -2.26. The number of likely N-dealkylation sites (N-methyl/N-ethyl adjacent to an activating group) is 2. The van der Waals surface area contributed by atoms with Crippen molar-refractivity contribution in [1.82, 2.24) is 9.80 Å². The Labute approximate surface area is 105 Å². The second-order valence-corrected chi connectivity index (χ2v) is 4.17. The highest BCUT2D eigenvalue weighted by atomic mass is 16.4. The molecular weight excluding hydrogens is 244 g/mol. The molecule has 2 atom stereocenters. The summed E-state index contributed by atoms with van der Waals surface area (Å²) in [5.74, 6) is -3.54. The van der Waals surface area contributed by atoms with Gasteiger partial charge in [0.05, 0.1) is 0 Å². The van der Waals surface area contributed by atoms with Gasteiger partial charge in [-0.3, -0.25) is 0 Å². The van der Waals surface area contributed by atoms with Gasteiger partial charge in [0.2, 0.25) is 0 Å². The molecule has 1 heterocycles. The molecule has 1 saturated heterocycles. The van der Waals surface area contributed by atoms with Crippen molar-refractivity contribution in [2.24, 2.45) is 0 Å². The second-order valence-electron chi connectivity index (χ2n) is 4.17. The van der Waals surface area contributed by atoms with E-state index in [0.717, 1.165) is 0 Å². The molecule has 0 amide bonds. The van der Waals surface area contributed by atoms with Gasteiger partial charge in [-0.05, 0) is 14.1 Å². The number of piperazine rings is 1. The van der Waals surface area contributed by atoms with Crippen molar-refractivity contribution in [3.05, 3.63) is 0 Å². The van der Waals surface area contributed by atoms with Gasteiger partial charge in [-0.25, -0.2) is 9.59 Å². The minimum atomic E-state index is -2.27. The Morgan fingerprint density at radius 1 is 0.833 bits per heavy atom. The number of aliphatic hydroxyl groups is 2. The number of hydrogen-bond donors (Lipinski definition) is 4. The first-order valence-electron chi connectivity index (χ1n) is 5.44. The quantitative estimate of drug-likeness (QED) is 0.450. The van der Waals surface area contributed by atoms with Crippen LogP contribution < -0.4 is 0 Å². The summed E-state index contributed by atoms with van der Waals surface area (Å²) in [6, 6.07) is 0. The average Bonchev–Trinajstić information content (AvgIpc) is 2.31. The molecule has 8 nitrogen and oxygen atoms in total. The van der Waals surface area contributed by atoms with E-state index in [0.29, 0.717) is 0 Å². The van der Waals surface area contributed by atoms with Crippen LogP contribution in [0.15, 0.2) is 0 Å². The zero-order valence-electron chi connectivity index (χ0n) is 10.5. The van der Waals surface area contributed by atoms with Gasteiger partial charge < -0.3 is 30.2 Å². The maximum atomic E-state index is 9.77. The average molecular weight is 264 g/mol. The Morgan fingerprint density at radius 2 is 1.06 bits per heavy atom. The van der Waals surface area contributed by atoms with Crippen molar-refractivity contribution < 1.29 is 30.0 Å². The SMILES string of the molecule is CN1CCN(C)CC1.O=C(O)[C@H](O)[C@@H](O)C(=O)O. The number of rotatable bonds is 3. The van der Waals surface area contributed by atoms with Gasteiger partial charge in [0.1, 0.15) is 0 Å². The number of carboxylic acid groups (broad SMARTS) is 2. The van der Waals surface area contributed by atoms with Crippen LogP contribution in [-0.4, -0.2) is 94.6 Å². The third kappa shape index (κ3) is 6.50. The van der Waals surface area contributed by atoms with E-state index in [1.54, 1.807) is 0 Å². The van der Waals surface area contributed by atoms with Crippen molar-refractivity contribution in [3.8, 4) is 0 Å². The summed E-state index contributed by atoms with van der Waals surface area (Å²) in [6.07, 6.45) is -4.53. The molecule has 106 valence electrons. The largest absolute Gasteiger partial charge is 0.479 e. The van der Waals surface area contributed by atoms with Crippen LogP contribution in [0.25, 0.3) is 0 Å². The Kier molecular flexibility index (Phi) is 7.44. The van der Waals surface area contributed by atoms with E-state index in [4.69, 9.17) is 20.4 Å². The van der Waals surface area contributed by atoms with Crippen LogP contribution in [0.3, 0.4) is 0 Å². The van der Waals surface area contributed by atoms with E-state index in [2.05, 4.69) is 23.9 Å². The molecule has 0 aliphatic carbocycles. The fourth-order valence-corrected chi connectivity index (χ4v) is 1.18. The van der Waals surface area contributed by atoms with Crippen LogP contribution in [0.5, 0.6) is 0 Å². The maximum absolute atomic E-state index is 9.77. The highest BCUT2D eigenvalue weighted by Gasteiger charge is 2.29. The van der Waals surface area contributed by atoms with Crippen LogP contribution in [0, 0.1) is 0 Å². The van der Waals surface area contributed by atoms with Gasteiger partial charge in [-0.1, -0.05) is 0 Å². The highest BCUT2D eigenvalue weighted by Crippen LogP contribution is 1.93. The third-order valence-electron chi connectivity index (χ3n) is 2.53. The maximum Gasteiger partial charge on any atom is 0.335 e. The lowest BCUT2D eigenvalue weighted by Crippen LogP contribution is -2.42. The Balaban J connectivity index is 0.000000327. The Bertz CT molecular complexity index is 250. The van der Waals surface area contributed by atoms with E-state index in [-0.39, 0.29) is 0 Å². The summed E-state index contributed by atoms with van der Waals surface area (Å²) in [7, 11) is 4.35. The number of hydrogen-bond acceptors (Lipinski definition) is 6. The van der Waals surface area contributed by atoms with E-state index in [9.17, 15) is 9.59 Å². The molecule has 1 aliphatic heterocycles. The van der Waals surface area contributed by atoms with Gasteiger partial charge in [-0.2, -0.15) is 0 Å². The predicted molar refractivity (Wildman–Crippen MR) is 62.3 cm³/mol. The first-order valence-corrected chi connectivity index (χ1v) is 5.44. The lowest BCUT2D eigenvalue weighted by atomic mass is 10.2. The van der Waals surface area contributed by atoms with Gasteiger partial charge in [-0.15, -0.1) is 0 Å². The fourth-order valence-electron chi connectivity index (χ4n) is 1.18. The van der Waals surface area contributed by atoms with Crippen molar-refractivity contribution in [2.75, 3.05) is 40.3 Å². The highest BCUT2D eigenvalue weighted by molar-refractivity contribution is 5.83. The van der Waals surface area contributed by atoms with Crippen LogP contribution in [0.1, 0.15) is 0 Å². The number of carboxylic acids is 2. The van der Waals surface area contributed by atoms with Crippen LogP contribution >= 0.6 is 0 Å². The molecular formula is C10H20N2O6. The van der Waals surface area contributed by atoms with Crippen LogP contribution in [0.4, 0.5) is 0 Å². The summed E-state index contributed by atoms with van der Waals surface area (Å²) >= 11 is 0. The van der Waals surface area contributed by atoms with Gasteiger partial charge in [0.25, 0.3) is 0 Å². The van der Waals surface area contributed by atoms with Gasteiger partial charge >= 0.3 is 11.9 Å². The molecule has 18 heavy (non-hydrogen) atoms. The van der Waals surface area contributed by atoms with Crippen molar-refractivity contribution in [3.63, 3.8) is 0 Å². The summed E-state index contributed by atoms with van der Waals surface area (Å²) in [5, 5.41) is 32.5. The molecule has 0 radical (unpaired) electrons. The monoisotopic (exact) mass is 264 g/mol. The summed E-state index contributed by atoms with van der Waals surface area (Å²) < 4.78 is 0.